The molecule has 3 aromatic carbocycles. The first-order valence-corrected chi connectivity index (χ1v) is 10.2. The van der Waals surface area contributed by atoms with Crippen LogP contribution in [0.25, 0.3) is 0 Å². The number of esters is 1. The van der Waals surface area contributed by atoms with Crippen LogP contribution in [0.3, 0.4) is 0 Å². The number of Topliss-reactive ketones (excluding diaryl/α,β-unsaturated/α-hetero) is 1. The van der Waals surface area contributed by atoms with E-state index in [9.17, 15) is 19.2 Å². The van der Waals surface area contributed by atoms with E-state index in [4.69, 9.17) is 25.8 Å². The zero-order valence-corrected chi connectivity index (χ0v) is 18.4. The second-order valence-corrected chi connectivity index (χ2v) is 7.50. The fraction of sp³-hybridized carbons (Fsp3) is 0.120. The third-order valence-corrected chi connectivity index (χ3v) is 5.69. The standard InChI is InChI=1S/C25H17ClO7/c1-31-13-7-8-16(20(11-13)32-2)19(27)12-33-25(30)18-10-9-17-21(22(18)26)24(29)15-6-4-3-5-14(15)23(17)28/h3-11H,12H2,1-2H3. The number of hydrogen-bond acceptors (Lipinski definition) is 7. The smallest absolute Gasteiger partial charge is 0.340 e. The predicted molar refractivity (Wildman–Crippen MR) is 119 cm³/mol. The monoisotopic (exact) mass is 464 g/mol. The van der Waals surface area contributed by atoms with Crippen LogP contribution >= 0.6 is 11.6 Å². The van der Waals surface area contributed by atoms with Gasteiger partial charge in [-0.3, -0.25) is 14.4 Å². The summed E-state index contributed by atoms with van der Waals surface area (Å²) in [5, 5.41) is -0.195. The van der Waals surface area contributed by atoms with Crippen molar-refractivity contribution in [3.8, 4) is 11.5 Å². The molecule has 0 amide bonds. The average Bonchev–Trinajstić information content (AvgIpc) is 2.85. The summed E-state index contributed by atoms with van der Waals surface area (Å²) in [5.41, 5.74) is 0.632. The van der Waals surface area contributed by atoms with Crippen molar-refractivity contribution in [2.45, 2.75) is 0 Å². The van der Waals surface area contributed by atoms with E-state index in [-0.39, 0.29) is 49.9 Å². The van der Waals surface area contributed by atoms with Crippen molar-refractivity contribution in [3.05, 3.63) is 93.0 Å². The lowest BCUT2D eigenvalue weighted by Gasteiger charge is -2.19. The SMILES string of the molecule is COc1ccc(C(=O)COC(=O)c2ccc3c(c2Cl)C(=O)c2ccccc2C3=O)c(OC)c1. The van der Waals surface area contributed by atoms with Gasteiger partial charge in [-0.05, 0) is 24.3 Å². The number of rotatable bonds is 6. The Morgan fingerprint density at radius 1 is 0.818 bits per heavy atom. The van der Waals surface area contributed by atoms with Crippen LogP contribution in [-0.4, -0.2) is 44.1 Å². The van der Waals surface area contributed by atoms with E-state index in [0.29, 0.717) is 5.75 Å². The highest BCUT2D eigenvalue weighted by Gasteiger charge is 2.33. The number of benzene rings is 3. The van der Waals surface area contributed by atoms with Gasteiger partial charge >= 0.3 is 5.97 Å². The van der Waals surface area contributed by atoms with Crippen molar-refractivity contribution in [3.63, 3.8) is 0 Å². The summed E-state index contributed by atoms with van der Waals surface area (Å²) in [4.78, 5) is 51.0. The zero-order valence-electron chi connectivity index (χ0n) is 17.6. The van der Waals surface area contributed by atoms with Crippen LogP contribution < -0.4 is 9.47 Å². The topological polar surface area (TPSA) is 96.0 Å². The summed E-state index contributed by atoms with van der Waals surface area (Å²) < 4.78 is 15.4. The van der Waals surface area contributed by atoms with Crippen LogP contribution in [0.15, 0.2) is 54.6 Å². The summed E-state index contributed by atoms with van der Waals surface area (Å²) in [6.45, 7) is -0.579. The molecule has 0 saturated carbocycles. The molecule has 0 bridgehead atoms. The molecule has 3 aromatic rings. The highest BCUT2D eigenvalue weighted by atomic mass is 35.5. The minimum atomic E-state index is -0.900. The Labute approximate surface area is 193 Å². The van der Waals surface area contributed by atoms with Gasteiger partial charge in [-0.2, -0.15) is 0 Å². The maximum Gasteiger partial charge on any atom is 0.340 e. The normalized spacial score (nSPS) is 12.0. The number of ether oxygens (including phenoxy) is 3. The van der Waals surface area contributed by atoms with Crippen LogP contribution in [0.2, 0.25) is 5.02 Å². The van der Waals surface area contributed by atoms with Gasteiger partial charge in [0.15, 0.2) is 18.2 Å². The fourth-order valence-corrected chi connectivity index (χ4v) is 3.95. The molecule has 0 aliphatic heterocycles. The molecule has 1 aliphatic carbocycles. The maximum atomic E-state index is 13.0. The molecule has 0 N–H and O–H groups in total. The molecule has 0 fully saturated rings. The van der Waals surface area contributed by atoms with E-state index >= 15 is 0 Å². The van der Waals surface area contributed by atoms with Crippen LogP contribution in [0, 0.1) is 0 Å². The summed E-state index contributed by atoms with van der Waals surface area (Å²) in [5.74, 6) is -1.45. The molecular formula is C25H17ClO7. The quantitative estimate of drug-likeness (QED) is 0.312. The van der Waals surface area contributed by atoms with Gasteiger partial charge in [-0.1, -0.05) is 35.9 Å². The van der Waals surface area contributed by atoms with E-state index < -0.39 is 24.1 Å². The summed E-state index contributed by atoms with van der Waals surface area (Å²) in [6.07, 6.45) is 0. The van der Waals surface area contributed by atoms with Gasteiger partial charge in [0.25, 0.3) is 0 Å². The number of fused-ring (bicyclic) bond motifs is 2. The van der Waals surface area contributed by atoms with Crippen molar-refractivity contribution >= 4 is 34.9 Å². The van der Waals surface area contributed by atoms with E-state index in [1.165, 1.54) is 44.6 Å². The number of carbonyl (C=O) groups is 4. The fourth-order valence-electron chi connectivity index (χ4n) is 3.62. The summed E-state index contributed by atoms with van der Waals surface area (Å²) in [6, 6.07) is 13.7. The van der Waals surface area contributed by atoms with Crippen molar-refractivity contribution in [2.75, 3.05) is 20.8 Å². The molecule has 8 heteroatoms. The Balaban J connectivity index is 1.58. The van der Waals surface area contributed by atoms with Gasteiger partial charge in [0.2, 0.25) is 5.78 Å². The first kappa shape index (κ1) is 22.2. The molecule has 33 heavy (non-hydrogen) atoms. The zero-order chi connectivity index (χ0) is 23.7. The van der Waals surface area contributed by atoms with Crippen LogP contribution in [-0.2, 0) is 4.74 Å². The lowest BCUT2D eigenvalue weighted by molar-refractivity contribution is 0.0474. The van der Waals surface area contributed by atoms with Gasteiger partial charge in [0.1, 0.15) is 11.5 Å². The van der Waals surface area contributed by atoms with E-state index in [1.54, 1.807) is 24.3 Å². The number of hydrogen-bond donors (Lipinski definition) is 0. The maximum absolute atomic E-state index is 13.0. The third kappa shape index (κ3) is 3.87. The first-order chi connectivity index (χ1) is 15.9. The number of ketones is 3. The van der Waals surface area contributed by atoms with Crippen LogP contribution in [0.4, 0.5) is 0 Å². The average molecular weight is 465 g/mol. The Morgan fingerprint density at radius 2 is 1.48 bits per heavy atom. The van der Waals surface area contributed by atoms with Crippen molar-refractivity contribution in [1.82, 2.24) is 0 Å². The van der Waals surface area contributed by atoms with E-state index in [1.807, 2.05) is 0 Å². The molecular weight excluding hydrogens is 448 g/mol. The minimum absolute atomic E-state index is 0.0574. The van der Waals surface area contributed by atoms with Gasteiger partial charge in [-0.15, -0.1) is 0 Å². The number of carbonyl (C=O) groups excluding carboxylic acids is 4. The highest BCUT2D eigenvalue weighted by molar-refractivity contribution is 6.41. The Bertz CT molecular complexity index is 1330. The second-order valence-electron chi connectivity index (χ2n) is 7.12. The van der Waals surface area contributed by atoms with Gasteiger partial charge in [-0.25, -0.2) is 4.79 Å². The Morgan fingerprint density at radius 3 is 2.15 bits per heavy atom. The van der Waals surface area contributed by atoms with Crippen LogP contribution in [0.1, 0.15) is 52.6 Å². The van der Waals surface area contributed by atoms with Gasteiger partial charge in [0, 0.05) is 22.8 Å². The third-order valence-electron chi connectivity index (χ3n) is 5.29. The molecule has 1 aliphatic rings. The summed E-state index contributed by atoms with van der Waals surface area (Å²) >= 11 is 6.37. The van der Waals surface area contributed by atoms with Gasteiger partial charge < -0.3 is 14.2 Å². The highest BCUT2D eigenvalue weighted by Crippen LogP contribution is 2.34. The summed E-state index contributed by atoms with van der Waals surface area (Å²) in [7, 11) is 2.89. The number of halogens is 1. The molecule has 0 saturated heterocycles. The largest absolute Gasteiger partial charge is 0.497 e. The molecule has 7 nitrogen and oxygen atoms in total. The number of methoxy groups -OCH3 is 2. The molecule has 0 radical (unpaired) electrons. The van der Waals surface area contributed by atoms with Crippen molar-refractivity contribution in [2.24, 2.45) is 0 Å². The second kappa shape index (κ2) is 8.88. The molecule has 0 heterocycles. The van der Waals surface area contributed by atoms with E-state index in [0.717, 1.165) is 0 Å². The molecule has 0 unspecified atom stereocenters. The van der Waals surface area contributed by atoms with E-state index in [2.05, 4.69) is 0 Å². The predicted octanol–water partition coefficient (Wildman–Crippen LogP) is 4.17. The lowest BCUT2D eigenvalue weighted by Crippen LogP contribution is -2.23. The molecule has 0 aromatic heterocycles. The lowest BCUT2D eigenvalue weighted by atomic mass is 9.83. The molecule has 0 spiro atoms. The van der Waals surface area contributed by atoms with Crippen LogP contribution in [0.5, 0.6) is 11.5 Å². The van der Waals surface area contributed by atoms with Crippen molar-refractivity contribution in [1.29, 1.82) is 0 Å². The van der Waals surface area contributed by atoms with Gasteiger partial charge in [0.05, 0.1) is 35.9 Å². The Kier molecular flexibility index (Phi) is 5.98. The van der Waals surface area contributed by atoms with Crippen molar-refractivity contribution < 1.29 is 33.4 Å². The minimum Gasteiger partial charge on any atom is -0.497 e. The molecule has 0 atom stereocenters. The molecule has 4 rings (SSSR count). The first-order valence-electron chi connectivity index (χ1n) is 9.80. The molecule has 166 valence electrons. The Hall–Kier alpha value is -3.97.